The third-order valence-electron chi connectivity index (χ3n) is 5.72. The minimum atomic E-state index is -0.741. The summed E-state index contributed by atoms with van der Waals surface area (Å²) < 4.78 is 1.87. The van der Waals surface area contributed by atoms with E-state index in [1.807, 2.05) is 69.6 Å². The van der Waals surface area contributed by atoms with E-state index in [-0.39, 0.29) is 24.8 Å². The number of rotatable bonds is 5. The quantitative estimate of drug-likeness (QED) is 0.668. The van der Waals surface area contributed by atoms with Crippen LogP contribution in [-0.2, 0) is 16.1 Å². The van der Waals surface area contributed by atoms with Crippen molar-refractivity contribution in [1.82, 2.24) is 20.0 Å². The number of aryl methyl sites for hydroxylation is 2. The molecule has 2 amide bonds. The first-order valence-electron chi connectivity index (χ1n) is 10.6. The Kier molecular flexibility index (Phi) is 6.52. The number of carbonyl (C=O) groups excluding carboxylic acids is 2. The zero-order valence-corrected chi connectivity index (χ0v) is 18.9. The molecular formula is C23H33N5O3. The van der Waals surface area contributed by atoms with Crippen molar-refractivity contribution in [3.05, 3.63) is 47.3 Å². The molecule has 0 bridgehead atoms. The molecule has 0 saturated carbocycles. The number of nitrogens with one attached hydrogen (secondary N) is 1. The van der Waals surface area contributed by atoms with E-state index in [1.165, 1.54) is 4.90 Å². The van der Waals surface area contributed by atoms with Crippen LogP contribution in [0, 0.1) is 19.3 Å². The molecule has 1 aliphatic rings. The van der Waals surface area contributed by atoms with Crippen molar-refractivity contribution in [2.45, 2.75) is 65.8 Å². The fourth-order valence-electron chi connectivity index (χ4n) is 3.81. The number of carbonyl (C=O) groups is 2. The maximum atomic E-state index is 12.8. The van der Waals surface area contributed by atoms with Gasteiger partial charge in [0.15, 0.2) is 0 Å². The molecule has 4 N–H and O–H groups in total. The number of hydrogen-bond acceptors (Lipinski definition) is 5. The monoisotopic (exact) mass is 427 g/mol. The zero-order chi connectivity index (χ0) is 22.9. The lowest BCUT2D eigenvalue weighted by atomic mass is 9.86. The molecule has 0 radical (unpaired) electrons. The van der Waals surface area contributed by atoms with E-state index in [4.69, 9.17) is 5.73 Å². The van der Waals surface area contributed by atoms with Gasteiger partial charge in [-0.25, -0.2) is 4.68 Å². The van der Waals surface area contributed by atoms with Crippen LogP contribution < -0.4 is 11.1 Å². The minimum absolute atomic E-state index is 0.123. The highest BCUT2D eigenvalue weighted by Gasteiger charge is 2.42. The lowest BCUT2D eigenvalue weighted by Crippen LogP contribution is -2.54. The summed E-state index contributed by atoms with van der Waals surface area (Å²) in [6.45, 7) is 10.1. The molecule has 2 heterocycles. The number of nitrogens with two attached hydrogens (primary N) is 1. The summed E-state index contributed by atoms with van der Waals surface area (Å²) in [4.78, 5) is 27.1. The van der Waals surface area contributed by atoms with Crippen LogP contribution in [0.1, 0.15) is 44.1 Å². The van der Waals surface area contributed by atoms with Gasteiger partial charge in [-0.1, -0.05) is 32.9 Å². The second kappa shape index (κ2) is 8.80. The first kappa shape index (κ1) is 23.0. The topological polar surface area (TPSA) is 113 Å². The Hall–Kier alpha value is -2.71. The third kappa shape index (κ3) is 5.14. The van der Waals surface area contributed by atoms with Crippen molar-refractivity contribution in [3.8, 4) is 5.69 Å². The highest BCUT2D eigenvalue weighted by molar-refractivity contribution is 5.90. The molecule has 168 valence electrons. The smallest absolute Gasteiger partial charge is 0.243 e. The second-order valence-corrected chi connectivity index (χ2v) is 9.46. The van der Waals surface area contributed by atoms with Gasteiger partial charge >= 0.3 is 0 Å². The maximum absolute atomic E-state index is 12.8. The van der Waals surface area contributed by atoms with E-state index in [2.05, 4.69) is 10.4 Å². The number of likely N-dealkylation sites (tertiary alicyclic amines) is 1. The minimum Gasteiger partial charge on any atom is -0.391 e. The maximum Gasteiger partial charge on any atom is 0.243 e. The van der Waals surface area contributed by atoms with E-state index < -0.39 is 23.6 Å². The standard InChI is InChI=1S/C23H33N5O3/c1-14-10-15(2)28(26-14)17-8-6-16(7-9-17)12-25-21(30)19-11-18(29)13-27(19)22(31)20(24)23(3,4)5/h6-10,18-20,29H,11-13,24H2,1-5H3,(H,25,30)/t18-,19+,20-/m1/s1. The lowest BCUT2D eigenvalue weighted by Gasteiger charge is -2.32. The molecule has 8 nitrogen and oxygen atoms in total. The first-order valence-corrected chi connectivity index (χ1v) is 10.6. The lowest BCUT2D eigenvalue weighted by molar-refractivity contribution is -0.141. The van der Waals surface area contributed by atoms with E-state index in [0.29, 0.717) is 6.54 Å². The van der Waals surface area contributed by atoms with Crippen LogP contribution in [0.25, 0.3) is 5.69 Å². The molecule has 0 aliphatic carbocycles. The van der Waals surface area contributed by atoms with E-state index >= 15 is 0 Å². The molecule has 8 heteroatoms. The molecule has 31 heavy (non-hydrogen) atoms. The molecule has 0 spiro atoms. The number of aromatic nitrogens is 2. The second-order valence-electron chi connectivity index (χ2n) is 9.46. The van der Waals surface area contributed by atoms with E-state index in [1.54, 1.807) is 0 Å². The molecule has 2 aromatic rings. The molecule has 0 unspecified atom stereocenters. The normalized spacial score (nSPS) is 20.0. The number of benzene rings is 1. The largest absolute Gasteiger partial charge is 0.391 e. The Balaban J connectivity index is 1.64. The Bertz CT molecular complexity index is 945. The molecule has 1 fully saturated rings. The molecule has 1 aromatic carbocycles. The van der Waals surface area contributed by atoms with Crippen LogP contribution in [-0.4, -0.2) is 56.3 Å². The van der Waals surface area contributed by atoms with Crippen LogP contribution >= 0.6 is 0 Å². The van der Waals surface area contributed by atoms with Crippen LogP contribution in [0.3, 0.4) is 0 Å². The molecule has 3 rings (SSSR count). The average molecular weight is 428 g/mol. The molecular weight excluding hydrogens is 394 g/mol. The summed E-state index contributed by atoms with van der Waals surface area (Å²) in [5.41, 5.74) is 9.57. The summed E-state index contributed by atoms with van der Waals surface area (Å²) >= 11 is 0. The van der Waals surface area contributed by atoms with Gasteiger partial charge < -0.3 is 21.1 Å². The van der Waals surface area contributed by atoms with Crippen LogP contribution in [0.2, 0.25) is 0 Å². The summed E-state index contributed by atoms with van der Waals surface area (Å²) in [7, 11) is 0. The summed E-state index contributed by atoms with van der Waals surface area (Å²) in [5.74, 6) is -0.591. The Labute approximate surface area is 183 Å². The molecule has 1 aliphatic heterocycles. The van der Waals surface area contributed by atoms with Crippen LogP contribution in [0.15, 0.2) is 30.3 Å². The van der Waals surface area contributed by atoms with Gasteiger partial charge in [-0.15, -0.1) is 0 Å². The number of β-amino-alcohol motifs (C(OH)–C–C–N with tert-alkyl or cyclic N) is 1. The fraction of sp³-hybridized carbons (Fsp3) is 0.522. The van der Waals surface area contributed by atoms with E-state index in [9.17, 15) is 14.7 Å². The predicted octanol–water partition coefficient (Wildman–Crippen LogP) is 1.44. The van der Waals surface area contributed by atoms with Gasteiger partial charge in [0.2, 0.25) is 11.8 Å². The number of amides is 2. The first-order chi connectivity index (χ1) is 14.5. The summed E-state index contributed by atoms with van der Waals surface area (Å²) in [5, 5.41) is 17.4. The van der Waals surface area contributed by atoms with Gasteiger partial charge in [0.1, 0.15) is 6.04 Å². The number of aliphatic hydroxyl groups is 1. The summed E-state index contributed by atoms with van der Waals surface area (Å²) in [6.07, 6.45) is -0.516. The Morgan fingerprint density at radius 3 is 2.45 bits per heavy atom. The van der Waals surface area contributed by atoms with Gasteiger partial charge in [-0.3, -0.25) is 9.59 Å². The average Bonchev–Trinajstić information content (AvgIpc) is 3.26. The molecule has 1 aromatic heterocycles. The Morgan fingerprint density at radius 1 is 1.26 bits per heavy atom. The van der Waals surface area contributed by atoms with Crippen molar-refractivity contribution in [3.63, 3.8) is 0 Å². The zero-order valence-electron chi connectivity index (χ0n) is 18.9. The number of hydrogen-bond donors (Lipinski definition) is 3. The van der Waals surface area contributed by atoms with Crippen molar-refractivity contribution in [2.75, 3.05) is 6.54 Å². The van der Waals surface area contributed by atoms with Crippen LogP contribution in [0.4, 0.5) is 0 Å². The van der Waals surface area contributed by atoms with E-state index in [0.717, 1.165) is 22.6 Å². The van der Waals surface area contributed by atoms with Crippen molar-refractivity contribution in [2.24, 2.45) is 11.1 Å². The third-order valence-corrected chi connectivity index (χ3v) is 5.72. The molecule has 1 saturated heterocycles. The highest BCUT2D eigenvalue weighted by Crippen LogP contribution is 2.25. The van der Waals surface area contributed by atoms with Crippen molar-refractivity contribution >= 4 is 11.8 Å². The van der Waals surface area contributed by atoms with Crippen LogP contribution in [0.5, 0.6) is 0 Å². The van der Waals surface area contributed by atoms with Gasteiger partial charge in [-0.05, 0) is 43.0 Å². The van der Waals surface area contributed by atoms with Gasteiger partial charge in [0, 0.05) is 25.2 Å². The molecule has 3 atom stereocenters. The fourth-order valence-corrected chi connectivity index (χ4v) is 3.81. The number of nitrogens with zero attached hydrogens (tertiary/aromatic N) is 3. The van der Waals surface area contributed by atoms with Gasteiger partial charge in [0.05, 0.1) is 23.5 Å². The van der Waals surface area contributed by atoms with Crippen molar-refractivity contribution in [1.29, 1.82) is 0 Å². The van der Waals surface area contributed by atoms with Crippen molar-refractivity contribution < 1.29 is 14.7 Å². The predicted molar refractivity (Wildman–Crippen MR) is 118 cm³/mol. The van der Waals surface area contributed by atoms with Gasteiger partial charge in [-0.2, -0.15) is 5.10 Å². The number of aliphatic hydroxyl groups excluding tert-OH is 1. The Morgan fingerprint density at radius 2 is 1.90 bits per heavy atom. The SMILES string of the molecule is Cc1cc(C)n(-c2ccc(CNC(=O)[C@@H]3C[C@@H](O)CN3C(=O)[C@@H](N)C(C)(C)C)cc2)n1. The highest BCUT2D eigenvalue weighted by atomic mass is 16.3. The summed E-state index contributed by atoms with van der Waals surface area (Å²) in [6, 6.07) is 8.35. The van der Waals surface area contributed by atoms with Gasteiger partial charge in [0.25, 0.3) is 0 Å².